The fourth-order valence-electron chi connectivity index (χ4n) is 3.32. The molecule has 0 radical (unpaired) electrons. The lowest BCUT2D eigenvalue weighted by molar-refractivity contribution is 0.169. The maximum atomic E-state index is 12.5. The van der Waals surface area contributed by atoms with Crippen LogP contribution < -0.4 is 16.6 Å². The van der Waals surface area contributed by atoms with Crippen molar-refractivity contribution < 1.29 is 10.2 Å². The Morgan fingerprint density at radius 3 is 2.62 bits per heavy atom. The summed E-state index contributed by atoms with van der Waals surface area (Å²) >= 11 is 0. The van der Waals surface area contributed by atoms with Crippen LogP contribution in [0.2, 0.25) is 0 Å². The second-order valence-corrected chi connectivity index (χ2v) is 7.48. The van der Waals surface area contributed by atoms with E-state index in [0.29, 0.717) is 30.7 Å². The Labute approximate surface area is 167 Å². The van der Waals surface area contributed by atoms with Crippen molar-refractivity contribution in [1.82, 2.24) is 24.0 Å². The molecule has 0 amide bonds. The van der Waals surface area contributed by atoms with Crippen LogP contribution in [0, 0.1) is 6.92 Å². The van der Waals surface area contributed by atoms with Crippen LogP contribution in [0.5, 0.6) is 5.75 Å². The summed E-state index contributed by atoms with van der Waals surface area (Å²) in [5.74, 6) is 0.207. The topological polar surface area (TPSA) is 114 Å². The van der Waals surface area contributed by atoms with Crippen LogP contribution in [0.25, 0.3) is 11.2 Å². The van der Waals surface area contributed by atoms with Crippen LogP contribution in [0.4, 0.5) is 0 Å². The van der Waals surface area contributed by atoms with Crippen molar-refractivity contribution in [2.45, 2.75) is 39.0 Å². The number of aromatic hydroxyl groups is 1. The molecular weight excluding hydrogens is 374 g/mol. The molecule has 0 bridgehead atoms. The van der Waals surface area contributed by atoms with Crippen molar-refractivity contribution in [3.8, 4) is 5.75 Å². The molecule has 0 saturated carbocycles. The highest BCUT2D eigenvalue weighted by molar-refractivity contribution is 5.69. The Bertz CT molecular complexity index is 1140. The summed E-state index contributed by atoms with van der Waals surface area (Å²) in [4.78, 5) is 28.7. The van der Waals surface area contributed by atoms with Gasteiger partial charge in [-0.1, -0.05) is 6.07 Å². The number of hydrogen-bond donors (Lipinski definition) is 3. The number of fused-ring (bicyclic) bond motifs is 1. The molecule has 2 aromatic heterocycles. The molecule has 29 heavy (non-hydrogen) atoms. The summed E-state index contributed by atoms with van der Waals surface area (Å²) in [5.41, 5.74) is 1.47. The van der Waals surface area contributed by atoms with Gasteiger partial charge in [0.2, 0.25) is 0 Å². The van der Waals surface area contributed by atoms with Crippen LogP contribution in [0.1, 0.15) is 30.6 Å². The summed E-state index contributed by atoms with van der Waals surface area (Å²) in [6.45, 7) is 4.71. The van der Waals surface area contributed by atoms with Crippen molar-refractivity contribution in [3.05, 3.63) is 56.5 Å². The first-order valence-corrected chi connectivity index (χ1v) is 9.52. The largest absolute Gasteiger partial charge is 0.508 e. The Kier molecular flexibility index (Phi) is 5.90. The average molecular weight is 401 g/mol. The molecule has 2 atom stereocenters. The molecule has 3 N–H and O–H groups in total. The van der Waals surface area contributed by atoms with Crippen LogP contribution >= 0.6 is 0 Å². The van der Waals surface area contributed by atoms with Crippen molar-refractivity contribution in [3.63, 3.8) is 0 Å². The third-order valence-electron chi connectivity index (χ3n) is 5.29. The zero-order valence-electron chi connectivity index (χ0n) is 17.1. The number of phenols is 1. The van der Waals surface area contributed by atoms with Gasteiger partial charge >= 0.3 is 5.69 Å². The first-order chi connectivity index (χ1) is 13.7. The molecule has 0 saturated heterocycles. The minimum Gasteiger partial charge on any atom is -0.508 e. The SMILES string of the molecule is Cc1cc([C@H](O)CN[C@H](C)CCn2cnc3c2c(=O)n(C)c(=O)n3C)ccc1O. The van der Waals surface area contributed by atoms with Crippen molar-refractivity contribution in [2.24, 2.45) is 14.1 Å². The summed E-state index contributed by atoms with van der Waals surface area (Å²) in [5, 5.41) is 23.3. The van der Waals surface area contributed by atoms with E-state index in [-0.39, 0.29) is 17.4 Å². The van der Waals surface area contributed by atoms with Crippen LogP contribution in [-0.2, 0) is 20.6 Å². The second kappa shape index (κ2) is 8.22. The van der Waals surface area contributed by atoms with Crippen molar-refractivity contribution in [1.29, 1.82) is 0 Å². The van der Waals surface area contributed by atoms with E-state index >= 15 is 0 Å². The monoisotopic (exact) mass is 401 g/mol. The first-order valence-electron chi connectivity index (χ1n) is 9.52. The number of aryl methyl sites for hydroxylation is 3. The van der Waals surface area contributed by atoms with Gasteiger partial charge in [0, 0.05) is 33.2 Å². The minimum absolute atomic E-state index is 0.0803. The van der Waals surface area contributed by atoms with Gasteiger partial charge in [0.05, 0.1) is 12.4 Å². The summed E-state index contributed by atoms with van der Waals surface area (Å²) in [7, 11) is 3.05. The zero-order valence-corrected chi connectivity index (χ0v) is 17.1. The van der Waals surface area contributed by atoms with Gasteiger partial charge in [-0.2, -0.15) is 0 Å². The molecule has 0 aliphatic carbocycles. The molecular formula is C20H27N5O4. The molecule has 2 heterocycles. The van der Waals surface area contributed by atoms with Crippen molar-refractivity contribution >= 4 is 11.2 Å². The number of aliphatic hydroxyl groups excluding tert-OH is 1. The molecule has 0 aliphatic rings. The van der Waals surface area contributed by atoms with Gasteiger partial charge in [-0.05, 0) is 43.5 Å². The number of benzene rings is 1. The Morgan fingerprint density at radius 2 is 1.93 bits per heavy atom. The van der Waals surface area contributed by atoms with E-state index in [2.05, 4.69) is 10.3 Å². The lowest BCUT2D eigenvalue weighted by Gasteiger charge is -2.18. The molecule has 0 aliphatic heterocycles. The molecule has 3 rings (SSSR count). The lowest BCUT2D eigenvalue weighted by atomic mass is 10.1. The highest BCUT2D eigenvalue weighted by Crippen LogP contribution is 2.21. The lowest BCUT2D eigenvalue weighted by Crippen LogP contribution is -2.37. The normalized spacial score (nSPS) is 13.7. The first kappa shape index (κ1) is 20.8. The van der Waals surface area contributed by atoms with Gasteiger partial charge in [-0.3, -0.25) is 13.9 Å². The van der Waals surface area contributed by atoms with Gasteiger partial charge in [-0.15, -0.1) is 0 Å². The fourth-order valence-corrected chi connectivity index (χ4v) is 3.32. The van der Waals surface area contributed by atoms with E-state index in [1.54, 1.807) is 43.1 Å². The Hall–Kier alpha value is -2.91. The van der Waals surface area contributed by atoms with E-state index in [1.807, 2.05) is 6.92 Å². The minimum atomic E-state index is -0.687. The van der Waals surface area contributed by atoms with E-state index in [4.69, 9.17) is 0 Å². The molecule has 0 fully saturated rings. The molecule has 9 heteroatoms. The van der Waals surface area contributed by atoms with E-state index < -0.39 is 11.8 Å². The molecule has 156 valence electrons. The highest BCUT2D eigenvalue weighted by Gasteiger charge is 2.15. The highest BCUT2D eigenvalue weighted by atomic mass is 16.3. The third-order valence-corrected chi connectivity index (χ3v) is 5.29. The van der Waals surface area contributed by atoms with E-state index in [0.717, 1.165) is 15.7 Å². The predicted octanol–water partition coefficient (Wildman–Crippen LogP) is 0.550. The maximum Gasteiger partial charge on any atom is 0.332 e. The number of phenolic OH excluding ortho intramolecular Hbond substituents is 1. The van der Waals surface area contributed by atoms with E-state index in [9.17, 15) is 19.8 Å². The molecule has 9 nitrogen and oxygen atoms in total. The van der Waals surface area contributed by atoms with Gasteiger partial charge in [0.15, 0.2) is 11.2 Å². The number of aromatic nitrogens is 4. The Balaban J connectivity index is 1.64. The number of aliphatic hydroxyl groups is 1. The third kappa shape index (κ3) is 4.10. The number of nitrogens with one attached hydrogen (secondary N) is 1. The maximum absolute atomic E-state index is 12.5. The van der Waals surface area contributed by atoms with Crippen LogP contribution in [-0.4, -0.2) is 41.5 Å². The predicted molar refractivity (Wildman–Crippen MR) is 110 cm³/mol. The Morgan fingerprint density at radius 1 is 1.21 bits per heavy atom. The molecule has 3 aromatic rings. The average Bonchev–Trinajstić information content (AvgIpc) is 3.13. The number of rotatable bonds is 7. The number of imidazole rings is 1. The molecule has 0 spiro atoms. The summed E-state index contributed by atoms with van der Waals surface area (Å²) in [6, 6.07) is 5.13. The smallest absolute Gasteiger partial charge is 0.332 e. The van der Waals surface area contributed by atoms with Gasteiger partial charge in [0.25, 0.3) is 5.56 Å². The fraction of sp³-hybridized carbons (Fsp3) is 0.450. The zero-order chi connectivity index (χ0) is 21.3. The molecule has 1 aromatic carbocycles. The van der Waals surface area contributed by atoms with Gasteiger partial charge in [-0.25, -0.2) is 9.78 Å². The van der Waals surface area contributed by atoms with Crippen LogP contribution in [0.3, 0.4) is 0 Å². The number of hydrogen-bond acceptors (Lipinski definition) is 6. The van der Waals surface area contributed by atoms with E-state index in [1.165, 1.54) is 11.6 Å². The summed E-state index contributed by atoms with van der Waals surface area (Å²) < 4.78 is 4.21. The number of nitrogens with zero attached hydrogens (tertiary/aromatic N) is 4. The molecule has 0 unspecified atom stereocenters. The quantitative estimate of drug-likeness (QED) is 0.533. The van der Waals surface area contributed by atoms with Crippen LogP contribution in [0.15, 0.2) is 34.1 Å². The van der Waals surface area contributed by atoms with Crippen molar-refractivity contribution in [2.75, 3.05) is 6.54 Å². The standard InChI is InChI=1S/C20H27N5O4/c1-12-9-14(5-6-15(12)26)16(27)10-21-13(2)7-8-25-11-22-18-17(25)19(28)24(4)20(29)23(18)3/h5-6,9,11,13,16,21,26-27H,7-8,10H2,1-4H3/t13-,16-/m1/s1. The second-order valence-electron chi connectivity index (χ2n) is 7.48. The van der Waals surface area contributed by atoms with Gasteiger partial charge in [0.1, 0.15) is 5.75 Å². The summed E-state index contributed by atoms with van der Waals surface area (Å²) in [6.07, 6.45) is 1.60. The van der Waals surface area contributed by atoms with Gasteiger partial charge < -0.3 is 20.1 Å².